The largest absolute Gasteiger partial charge is 0.354 e. The first-order valence-corrected chi connectivity index (χ1v) is 9.06. The molecule has 0 saturated heterocycles. The van der Waals surface area contributed by atoms with Crippen LogP contribution >= 0.6 is 11.8 Å². The van der Waals surface area contributed by atoms with Crippen LogP contribution < -0.4 is 10.6 Å². The van der Waals surface area contributed by atoms with E-state index in [9.17, 15) is 9.59 Å². The average Bonchev–Trinajstić information content (AvgIpc) is 2.51. The lowest BCUT2D eigenvalue weighted by molar-refractivity contribution is -0.128. The number of hydrogen-bond acceptors (Lipinski definition) is 5. The van der Waals surface area contributed by atoms with Crippen molar-refractivity contribution in [2.24, 2.45) is 0 Å². The fourth-order valence-electron chi connectivity index (χ4n) is 2.18. The molecule has 0 aliphatic rings. The molecule has 2 N–H and O–H groups in total. The summed E-state index contributed by atoms with van der Waals surface area (Å²) >= 11 is 1.50. The summed E-state index contributed by atoms with van der Waals surface area (Å²) < 4.78 is 0. The monoisotopic (exact) mass is 338 g/mol. The van der Waals surface area contributed by atoms with Gasteiger partial charge in [0.15, 0.2) is 5.16 Å². The third-order valence-electron chi connectivity index (χ3n) is 3.50. The lowest BCUT2D eigenvalue weighted by Gasteiger charge is -2.14. The lowest BCUT2D eigenvalue weighted by atomic mass is 10.1. The highest BCUT2D eigenvalue weighted by molar-refractivity contribution is 7.98. The van der Waals surface area contributed by atoms with E-state index in [0.29, 0.717) is 19.4 Å². The van der Waals surface area contributed by atoms with Crippen molar-refractivity contribution in [1.82, 2.24) is 20.6 Å². The minimum Gasteiger partial charge on any atom is -0.354 e. The van der Waals surface area contributed by atoms with E-state index in [-0.39, 0.29) is 11.8 Å². The molecule has 0 saturated carbocycles. The van der Waals surface area contributed by atoms with Crippen molar-refractivity contribution in [3.8, 4) is 0 Å². The van der Waals surface area contributed by atoms with Gasteiger partial charge >= 0.3 is 0 Å². The Hall–Kier alpha value is -1.63. The molecule has 0 aliphatic heterocycles. The van der Waals surface area contributed by atoms with Gasteiger partial charge in [0.05, 0.1) is 0 Å². The van der Waals surface area contributed by atoms with Crippen molar-refractivity contribution < 1.29 is 9.59 Å². The van der Waals surface area contributed by atoms with E-state index in [2.05, 4.69) is 20.6 Å². The van der Waals surface area contributed by atoms with Gasteiger partial charge in [-0.3, -0.25) is 9.59 Å². The molecular weight excluding hydrogens is 312 g/mol. The molecule has 2 amide bonds. The van der Waals surface area contributed by atoms with Gasteiger partial charge in [0.2, 0.25) is 11.8 Å². The van der Waals surface area contributed by atoms with Gasteiger partial charge in [0.25, 0.3) is 0 Å². The minimum absolute atomic E-state index is 0.142. The van der Waals surface area contributed by atoms with Crippen molar-refractivity contribution in [1.29, 1.82) is 0 Å². The second-order valence-electron chi connectivity index (χ2n) is 5.44. The number of amides is 2. The molecule has 7 heteroatoms. The van der Waals surface area contributed by atoms with Gasteiger partial charge in [-0.2, -0.15) is 0 Å². The molecule has 0 bridgehead atoms. The number of aryl methyl sites for hydroxylation is 2. The maximum absolute atomic E-state index is 12.0. The maximum Gasteiger partial charge on any atom is 0.242 e. The average molecular weight is 338 g/mol. The van der Waals surface area contributed by atoms with Crippen LogP contribution in [-0.2, 0) is 16.0 Å². The van der Waals surface area contributed by atoms with Crippen molar-refractivity contribution in [2.75, 3.05) is 12.8 Å². The van der Waals surface area contributed by atoms with Crippen LogP contribution in [0.2, 0.25) is 0 Å². The van der Waals surface area contributed by atoms with Gasteiger partial charge in [-0.05, 0) is 45.4 Å². The highest BCUT2D eigenvalue weighted by Gasteiger charge is 2.16. The Morgan fingerprint density at radius 3 is 2.35 bits per heavy atom. The van der Waals surface area contributed by atoms with Gasteiger partial charge in [-0.25, -0.2) is 9.97 Å². The number of nitrogens with zero attached hydrogens (tertiary/aromatic N) is 2. The minimum atomic E-state index is -0.522. The normalized spacial score (nSPS) is 11.9. The molecule has 0 aromatic carbocycles. The second-order valence-corrected chi connectivity index (χ2v) is 6.21. The van der Waals surface area contributed by atoms with E-state index >= 15 is 0 Å². The van der Waals surface area contributed by atoms with Crippen LogP contribution in [0, 0.1) is 13.8 Å². The van der Waals surface area contributed by atoms with Crippen LogP contribution in [0.15, 0.2) is 5.16 Å². The molecule has 6 nitrogen and oxygen atoms in total. The Labute approximate surface area is 142 Å². The van der Waals surface area contributed by atoms with E-state index in [1.165, 1.54) is 11.8 Å². The molecule has 1 aromatic heterocycles. The molecule has 1 aromatic rings. The molecule has 0 radical (unpaired) electrons. The van der Waals surface area contributed by atoms with Crippen LogP contribution in [0.25, 0.3) is 0 Å². The topological polar surface area (TPSA) is 84.0 Å². The zero-order valence-electron chi connectivity index (χ0n) is 14.5. The van der Waals surface area contributed by atoms with Gasteiger partial charge in [0, 0.05) is 24.4 Å². The molecule has 23 heavy (non-hydrogen) atoms. The van der Waals surface area contributed by atoms with Gasteiger partial charge in [-0.1, -0.05) is 18.7 Å². The summed E-state index contributed by atoms with van der Waals surface area (Å²) in [6, 6.07) is -0.522. The molecular formula is C16H26N4O2S. The van der Waals surface area contributed by atoms with Crippen molar-refractivity contribution in [3.63, 3.8) is 0 Å². The lowest BCUT2D eigenvalue weighted by Crippen LogP contribution is -2.45. The number of rotatable bonds is 8. The fraction of sp³-hybridized carbons (Fsp3) is 0.625. The van der Waals surface area contributed by atoms with Crippen molar-refractivity contribution >= 4 is 23.6 Å². The van der Waals surface area contributed by atoms with E-state index in [1.54, 1.807) is 6.92 Å². The van der Waals surface area contributed by atoms with Crippen molar-refractivity contribution in [3.05, 3.63) is 17.0 Å². The van der Waals surface area contributed by atoms with Gasteiger partial charge in [0.1, 0.15) is 6.04 Å². The first-order chi connectivity index (χ1) is 10.9. The van der Waals surface area contributed by atoms with E-state index in [4.69, 9.17) is 0 Å². The summed E-state index contributed by atoms with van der Waals surface area (Å²) in [4.78, 5) is 32.6. The maximum atomic E-state index is 12.0. The SMILES string of the molecule is CCCNC(=O)[C@H](C)NC(=O)CCc1c(C)nc(SC)nc1C. The third-order valence-corrected chi connectivity index (χ3v) is 4.05. The van der Waals surface area contributed by atoms with E-state index in [1.807, 2.05) is 27.0 Å². The van der Waals surface area contributed by atoms with Crippen LogP contribution in [0.1, 0.15) is 43.6 Å². The molecule has 0 fully saturated rings. The third kappa shape index (κ3) is 6.17. The summed E-state index contributed by atoms with van der Waals surface area (Å²) in [5.41, 5.74) is 2.81. The Morgan fingerprint density at radius 1 is 1.22 bits per heavy atom. The molecule has 1 atom stereocenters. The first-order valence-electron chi connectivity index (χ1n) is 7.84. The highest BCUT2D eigenvalue weighted by atomic mass is 32.2. The van der Waals surface area contributed by atoms with Gasteiger partial charge < -0.3 is 10.6 Å². The summed E-state index contributed by atoms with van der Waals surface area (Å²) in [6.45, 7) is 8.16. The molecule has 0 aliphatic carbocycles. The van der Waals surface area contributed by atoms with Crippen LogP contribution in [0.4, 0.5) is 0 Å². The molecule has 1 heterocycles. The number of carbonyl (C=O) groups is 2. The van der Waals surface area contributed by atoms with E-state index < -0.39 is 6.04 Å². The summed E-state index contributed by atoms with van der Waals surface area (Å²) in [5.74, 6) is -0.294. The zero-order valence-corrected chi connectivity index (χ0v) is 15.3. The number of thioether (sulfide) groups is 1. The van der Waals surface area contributed by atoms with Crippen LogP contribution in [0.5, 0.6) is 0 Å². The van der Waals surface area contributed by atoms with Crippen LogP contribution in [0.3, 0.4) is 0 Å². The number of aromatic nitrogens is 2. The highest BCUT2D eigenvalue weighted by Crippen LogP contribution is 2.17. The Morgan fingerprint density at radius 2 is 1.83 bits per heavy atom. The molecule has 0 unspecified atom stereocenters. The quantitative estimate of drug-likeness (QED) is 0.557. The predicted molar refractivity (Wildman–Crippen MR) is 92.5 cm³/mol. The zero-order chi connectivity index (χ0) is 17.4. The van der Waals surface area contributed by atoms with Crippen molar-refractivity contribution in [2.45, 2.75) is 58.2 Å². The Kier molecular flexibility index (Phi) is 8.02. The smallest absolute Gasteiger partial charge is 0.242 e. The summed E-state index contributed by atoms with van der Waals surface area (Å²) in [5, 5.41) is 6.24. The predicted octanol–water partition coefficient (Wildman–Crippen LogP) is 1.78. The first kappa shape index (κ1) is 19.4. The number of carbonyl (C=O) groups excluding carboxylic acids is 2. The Balaban J connectivity index is 2.55. The summed E-state index contributed by atoms with van der Waals surface area (Å²) in [7, 11) is 0. The summed E-state index contributed by atoms with van der Waals surface area (Å²) in [6.07, 6.45) is 3.69. The molecule has 0 spiro atoms. The van der Waals surface area contributed by atoms with Crippen LogP contribution in [-0.4, -0.2) is 40.6 Å². The molecule has 1 rings (SSSR count). The number of nitrogens with one attached hydrogen (secondary N) is 2. The Bertz CT molecular complexity index is 540. The second kappa shape index (κ2) is 9.50. The molecule has 128 valence electrons. The number of hydrogen-bond donors (Lipinski definition) is 2. The van der Waals surface area contributed by atoms with E-state index in [0.717, 1.165) is 28.5 Å². The fourth-order valence-corrected chi connectivity index (χ4v) is 2.64. The standard InChI is InChI=1S/C16H26N4O2S/c1-6-9-17-15(22)12(4)18-14(21)8-7-13-10(2)19-16(23-5)20-11(13)3/h12H,6-9H2,1-5H3,(H,17,22)(H,18,21)/t12-/m0/s1. The van der Waals surface area contributed by atoms with Gasteiger partial charge in [-0.15, -0.1) is 0 Å².